The average molecular weight is 243 g/mol. The lowest BCUT2D eigenvalue weighted by molar-refractivity contribution is 0.268. The summed E-state index contributed by atoms with van der Waals surface area (Å²) in [5.41, 5.74) is 1.17. The van der Waals surface area contributed by atoms with Gasteiger partial charge in [0.15, 0.2) is 0 Å². The molecule has 0 aliphatic carbocycles. The molecule has 0 atom stereocenters. The maximum Gasteiger partial charge on any atom is 0.0934 e. The summed E-state index contributed by atoms with van der Waals surface area (Å²) in [5.74, 6) is 0. The smallest absolute Gasteiger partial charge is 0.0934 e. The molecule has 15 heavy (non-hydrogen) atoms. The van der Waals surface area contributed by atoms with E-state index in [9.17, 15) is 0 Å². The summed E-state index contributed by atoms with van der Waals surface area (Å²) in [7, 11) is 0. The van der Waals surface area contributed by atoms with Crippen LogP contribution in [0, 0.1) is 0 Å². The first-order valence-corrected chi connectivity index (χ1v) is 6.32. The number of thiophene rings is 1. The van der Waals surface area contributed by atoms with Crippen LogP contribution in [-0.4, -0.2) is 37.6 Å². The Hall–Kier alpha value is -0.350. The first-order chi connectivity index (χ1) is 7.25. The van der Waals surface area contributed by atoms with Gasteiger partial charge < -0.3 is 5.32 Å². The Kier molecular flexibility index (Phi) is 3.81. The number of halogens is 1. The van der Waals surface area contributed by atoms with Gasteiger partial charge in [-0.15, -0.1) is 11.3 Å². The van der Waals surface area contributed by atoms with Crippen LogP contribution in [0.4, 0.5) is 0 Å². The fourth-order valence-electron chi connectivity index (χ4n) is 1.72. The monoisotopic (exact) mass is 242 g/mol. The molecule has 2 heterocycles. The van der Waals surface area contributed by atoms with E-state index in [0.717, 1.165) is 37.1 Å². The highest BCUT2D eigenvalue weighted by atomic mass is 35.5. The highest BCUT2D eigenvalue weighted by Gasteiger charge is 2.12. The van der Waals surface area contributed by atoms with Crippen LogP contribution >= 0.6 is 22.9 Å². The van der Waals surface area contributed by atoms with E-state index in [0.29, 0.717) is 0 Å². The molecule has 1 aromatic rings. The second kappa shape index (κ2) is 5.12. The Morgan fingerprint density at radius 1 is 1.47 bits per heavy atom. The van der Waals surface area contributed by atoms with Crippen LogP contribution < -0.4 is 5.32 Å². The minimum Gasteiger partial charge on any atom is -0.314 e. The molecule has 0 unspecified atom stereocenters. The van der Waals surface area contributed by atoms with Gasteiger partial charge >= 0.3 is 0 Å². The van der Waals surface area contributed by atoms with Crippen molar-refractivity contribution in [1.29, 1.82) is 0 Å². The number of nitrogens with one attached hydrogen (secondary N) is 1. The number of hydrogen-bond donors (Lipinski definition) is 1. The van der Waals surface area contributed by atoms with Crippen molar-refractivity contribution in [3.63, 3.8) is 0 Å². The minimum atomic E-state index is 0.839. The predicted molar refractivity (Wildman–Crippen MR) is 67.7 cm³/mol. The van der Waals surface area contributed by atoms with Crippen molar-refractivity contribution in [3.8, 4) is 0 Å². The third-order valence-corrected chi connectivity index (χ3v) is 3.88. The lowest BCUT2D eigenvalue weighted by Gasteiger charge is -2.27. The van der Waals surface area contributed by atoms with Gasteiger partial charge in [-0.3, -0.25) is 4.90 Å². The standard InChI is InChI=1S/C11H15ClN2S/c1-9(10-2-3-11(12)15-10)8-14-6-4-13-5-7-14/h2-3,13H,1,4-8H2. The summed E-state index contributed by atoms with van der Waals surface area (Å²) in [5, 5.41) is 3.34. The van der Waals surface area contributed by atoms with Crippen molar-refractivity contribution in [2.75, 3.05) is 32.7 Å². The number of rotatable bonds is 3. The molecule has 82 valence electrons. The molecule has 0 aromatic carbocycles. The van der Waals surface area contributed by atoms with E-state index < -0.39 is 0 Å². The van der Waals surface area contributed by atoms with Gasteiger partial charge in [0, 0.05) is 37.6 Å². The van der Waals surface area contributed by atoms with Crippen LogP contribution in [0.3, 0.4) is 0 Å². The summed E-state index contributed by atoms with van der Waals surface area (Å²) in [4.78, 5) is 3.63. The first-order valence-electron chi connectivity index (χ1n) is 5.12. The third-order valence-electron chi connectivity index (χ3n) is 2.55. The van der Waals surface area contributed by atoms with Crippen molar-refractivity contribution in [2.24, 2.45) is 0 Å². The largest absolute Gasteiger partial charge is 0.314 e. The Morgan fingerprint density at radius 2 is 2.20 bits per heavy atom. The van der Waals surface area contributed by atoms with Gasteiger partial charge in [-0.2, -0.15) is 0 Å². The van der Waals surface area contributed by atoms with Crippen LogP contribution in [-0.2, 0) is 0 Å². The van der Waals surface area contributed by atoms with Crippen molar-refractivity contribution >= 4 is 28.5 Å². The molecule has 1 aromatic heterocycles. The van der Waals surface area contributed by atoms with E-state index in [4.69, 9.17) is 11.6 Å². The zero-order valence-electron chi connectivity index (χ0n) is 8.63. The second-order valence-electron chi connectivity index (χ2n) is 3.73. The summed E-state index contributed by atoms with van der Waals surface area (Å²) < 4.78 is 0.839. The van der Waals surface area contributed by atoms with E-state index >= 15 is 0 Å². The molecule has 1 saturated heterocycles. The normalized spacial score (nSPS) is 17.9. The van der Waals surface area contributed by atoms with Crippen LogP contribution in [0.5, 0.6) is 0 Å². The topological polar surface area (TPSA) is 15.3 Å². The SMILES string of the molecule is C=C(CN1CCNCC1)c1ccc(Cl)s1. The van der Waals surface area contributed by atoms with Crippen LogP contribution in [0.15, 0.2) is 18.7 Å². The Morgan fingerprint density at radius 3 is 2.80 bits per heavy atom. The van der Waals surface area contributed by atoms with Gasteiger partial charge in [-0.1, -0.05) is 18.2 Å². The van der Waals surface area contributed by atoms with Gasteiger partial charge in [0.25, 0.3) is 0 Å². The van der Waals surface area contributed by atoms with E-state index in [1.165, 1.54) is 10.5 Å². The predicted octanol–water partition coefficient (Wildman–Crippen LogP) is 2.32. The fourth-order valence-corrected chi connectivity index (χ4v) is 2.72. The van der Waals surface area contributed by atoms with Gasteiger partial charge in [0.05, 0.1) is 4.34 Å². The molecule has 0 spiro atoms. The molecule has 1 N–H and O–H groups in total. The molecule has 2 rings (SSSR count). The van der Waals surface area contributed by atoms with E-state index in [2.05, 4.69) is 22.9 Å². The molecule has 0 radical (unpaired) electrons. The number of piperazine rings is 1. The van der Waals surface area contributed by atoms with Gasteiger partial charge in [-0.25, -0.2) is 0 Å². The highest BCUT2D eigenvalue weighted by Crippen LogP contribution is 2.27. The maximum absolute atomic E-state index is 5.90. The molecule has 4 heteroatoms. The number of nitrogens with zero attached hydrogens (tertiary/aromatic N) is 1. The van der Waals surface area contributed by atoms with E-state index in [1.54, 1.807) is 11.3 Å². The van der Waals surface area contributed by atoms with Crippen LogP contribution in [0.25, 0.3) is 5.57 Å². The molecular formula is C11H15ClN2S. The molecular weight excluding hydrogens is 228 g/mol. The highest BCUT2D eigenvalue weighted by molar-refractivity contribution is 7.17. The van der Waals surface area contributed by atoms with Crippen molar-refractivity contribution in [1.82, 2.24) is 10.2 Å². The van der Waals surface area contributed by atoms with Crippen molar-refractivity contribution in [3.05, 3.63) is 27.9 Å². The van der Waals surface area contributed by atoms with Crippen molar-refractivity contribution < 1.29 is 0 Å². The lowest BCUT2D eigenvalue weighted by Crippen LogP contribution is -2.43. The number of hydrogen-bond acceptors (Lipinski definition) is 3. The first kappa shape index (κ1) is 11.1. The Labute approximate surface area is 99.5 Å². The molecule has 0 saturated carbocycles. The van der Waals surface area contributed by atoms with Gasteiger partial charge in [-0.05, 0) is 17.7 Å². The molecule has 2 nitrogen and oxygen atoms in total. The van der Waals surface area contributed by atoms with E-state index in [1.807, 2.05) is 6.07 Å². The van der Waals surface area contributed by atoms with Gasteiger partial charge in [0.1, 0.15) is 0 Å². The maximum atomic E-state index is 5.90. The zero-order valence-corrected chi connectivity index (χ0v) is 10.2. The van der Waals surface area contributed by atoms with Gasteiger partial charge in [0.2, 0.25) is 0 Å². The zero-order chi connectivity index (χ0) is 10.7. The summed E-state index contributed by atoms with van der Waals surface area (Å²) in [6.45, 7) is 9.46. The van der Waals surface area contributed by atoms with Crippen LogP contribution in [0.2, 0.25) is 4.34 Å². The Bertz CT molecular complexity index is 342. The average Bonchev–Trinajstić information content (AvgIpc) is 2.66. The van der Waals surface area contributed by atoms with E-state index in [-0.39, 0.29) is 0 Å². The third kappa shape index (κ3) is 3.05. The fraction of sp³-hybridized carbons (Fsp3) is 0.455. The molecule has 1 aliphatic heterocycles. The summed E-state index contributed by atoms with van der Waals surface area (Å²) in [6.07, 6.45) is 0. The molecule has 0 amide bonds. The second-order valence-corrected chi connectivity index (χ2v) is 5.45. The lowest BCUT2D eigenvalue weighted by atomic mass is 10.2. The van der Waals surface area contributed by atoms with Crippen LogP contribution in [0.1, 0.15) is 4.88 Å². The molecule has 1 fully saturated rings. The summed E-state index contributed by atoms with van der Waals surface area (Å²) >= 11 is 7.51. The molecule has 1 aliphatic rings. The minimum absolute atomic E-state index is 0.839. The Balaban J connectivity index is 1.91. The summed E-state index contributed by atoms with van der Waals surface area (Å²) in [6, 6.07) is 3.99. The molecule has 0 bridgehead atoms. The van der Waals surface area contributed by atoms with Crippen molar-refractivity contribution in [2.45, 2.75) is 0 Å². The quantitative estimate of drug-likeness (QED) is 0.875.